The summed E-state index contributed by atoms with van der Waals surface area (Å²) in [5.74, 6) is -0.527. The van der Waals surface area contributed by atoms with Crippen LogP contribution in [0.15, 0.2) is 34.9 Å². The standard InChI is InChI=1S/C16H16F3NO4/c1-10-5-6-24-14(10)15(21)20-12-9-11(16(17,18)19)3-4-13(12)23-8-7-22-2/h3-6,9H,7-8H2,1-2H3,(H,20,21). The Morgan fingerprint density at radius 1 is 1.25 bits per heavy atom. The molecule has 0 unspecified atom stereocenters. The van der Waals surface area contributed by atoms with Gasteiger partial charge < -0.3 is 19.2 Å². The Bertz CT molecular complexity index is 710. The van der Waals surface area contributed by atoms with E-state index in [0.29, 0.717) is 5.56 Å². The van der Waals surface area contributed by atoms with Crippen LogP contribution in [-0.4, -0.2) is 26.2 Å². The number of ether oxygens (including phenoxy) is 2. The maximum atomic E-state index is 12.9. The molecule has 130 valence electrons. The predicted molar refractivity (Wildman–Crippen MR) is 80.2 cm³/mol. The van der Waals surface area contributed by atoms with Crippen molar-refractivity contribution in [3.63, 3.8) is 0 Å². The van der Waals surface area contributed by atoms with Gasteiger partial charge in [-0.25, -0.2) is 0 Å². The molecule has 1 aromatic heterocycles. The number of benzene rings is 1. The monoisotopic (exact) mass is 343 g/mol. The zero-order valence-electron chi connectivity index (χ0n) is 13.1. The Balaban J connectivity index is 2.29. The minimum absolute atomic E-state index is 0.0234. The van der Waals surface area contributed by atoms with Gasteiger partial charge in [-0.1, -0.05) is 0 Å². The number of carbonyl (C=O) groups excluding carboxylic acids is 1. The Hall–Kier alpha value is -2.48. The van der Waals surface area contributed by atoms with E-state index in [4.69, 9.17) is 13.9 Å². The fourth-order valence-corrected chi connectivity index (χ4v) is 1.95. The zero-order chi connectivity index (χ0) is 17.7. The van der Waals surface area contributed by atoms with Crippen LogP contribution in [0.3, 0.4) is 0 Å². The summed E-state index contributed by atoms with van der Waals surface area (Å²) in [5, 5.41) is 2.39. The van der Waals surface area contributed by atoms with Crippen LogP contribution in [0.4, 0.5) is 18.9 Å². The van der Waals surface area contributed by atoms with Crippen LogP contribution in [0.1, 0.15) is 21.7 Å². The number of hydrogen-bond acceptors (Lipinski definition) is 4. The first kappa shape index (κ1) is 17.9. The molecule has 5 nitrogen and oxygen atoms in total. The predicted octanol–water partition coefficient (Wildman–Crippen LogP) is 3.88. The van der Waals surface area contributed by atoms with Gasteiger partial charge in [0.15, 0.2) is 5.76 Å². The largest absolute Gasteiger partial charge is 0.489 e. The molecule has 0 bridgehead atoms. The number of halogens is 3. The minimum atomic E-state index is -4.54. The molecule has 0 fully saturated rings. The molecule has 0 radical (unpaired) electrons. The van der Waals surface area contributed by atoms with Crippen LogP contribution in [0.5, 0.6) is 5.75 Å². The molecule has 0 aliphatic carbocycles. The van der Waals surface area contributed by atoms with Crippen molar-refractivity contribution in [1.82, 2.24) is 0 Å². The van der Waals surface area contributed by atoms with Crippen molar-refractivity contribution in [3.8, 4) is 5.75 Å². The summed E-state index contributed by atoms with van der Waals surface area (Å²) in [6, 6.07) is 4.44. The first-order valence-electron chi connectivity index (χ1n) is 7.01. The number of anilines is 1. The summed E-state index contributed by atoms with van der Waals surface area (Å²) in [5.41, 5.74) is -0.420. The first-order chi connectivity index (χ1) is 11.3. The summed E-state index contributed by atoms with van der Waals surface area (Å²) in [6.07, 6.45) is -3.21. The van der Waals surface area contributed by atoms with Crippen molar-refractivity contribution in [1.29, 1.82) is 0 Å². The third-order valence-corrected chi connectivity index (χ3v) is 3.17. The molecular formula is C16H16F3NO4. The highest BCUT2D eigenvalue weighted by Gasteiger charge is 2.31. The lowest BCUT2D eigenvalue weighted by Crippen LogP contribution is -2.15. The van der Waals surface area contributed by atoms with E-state index in [1.165, 1.54) is 13.4 Å². The topological polar surface area (TPSA) is 60.7 Å². The molecule has 0 spiro atoms. The highest BCUT2D eigenvalue weighted by Crippen LogP contribution is 2.35. The molecule has 0 saturated carbocycles. The number of alkyl halides is 3. The van der Waals surface area contributed by atoms with Crippen LogP contribution in [-0.2, 0) is 10.9 Å². The van der Waals surface area contributed by atoms with E-state index in [1.54, 1.807) is 13.0 Å². The van der Waals surface area contributed by atoms with Gasteiger partial charge >= 0.3 is 6.18 Å². The number of carbonyl (C=O) groups is 1. The van der Waals surface area contributed by atoms with Gasteiger partial charge in [0, 0.05) is 12.7 Å². The van der Waals surface area contributed by atoms with Crippen molar-refractivity contribution in [2.24, 2.45) is 0 Å². The van der Waals surface area contributed by atoms with Crippen LogP contribution >= 0.6 is 0 Å². The summed E-state index contributed by atoms with van der Waals surface area (Å²) < 4.78 is 53.9. The lowest BCUT2D eigenvalue weighted by molar-refractivity contribution is -0.137. The number of hydrogen-bond donors (Lipinski definition) is 1. The highest BCUT2D eigenvalue weighted by atomic mass is 19.4. The van der Waals surface area contributed by atoms with Crippen LogP contribution in [0.25, 0.3) is 0 Å². The molecule has 1 N–H and O–H groups in total. The lowest BCUT2D eigenvalue weighted by Gasteiger charge is -2.15. The summed E-state index contributed by atoms with van der Waals surface area (Å²) in [4.78, 5) is 12.2. The second kappa shape index (κ2) is 7.39. The number of furan rings is 1. The molecule has 8 heteroatoms. The summed E-state index contributed by atoms with van der Waals surface area (Å²) in [7, 11) is 1.47. The van der Waals surface area contributed by atoms with Gasteiger partial charge in [0.05, 0.1) is 24.1 Å². The quantitative estimate of drug-likeness (QED) is 0.809. The second-order valence-electron chi connectivity index (χ2n) is 4.94. The fraction of sp³-hybridized carbons (Fsp3) is 0.312. The molecule has 1 heterocycles. The van der Waals surface area contributed by atoms with E-state index in [2.05, 4.69) is 5.32 Å². The van der Waals surface area contributed by atoms with Gasteiger partial charge in [-0.15, -0.1) is 0 Å². The number of methoxy groups -OCH3 is 1. The van der Waals surface area contributed by atoms with Gasteiger partial charge in [-0.3, -0.25) is 4.79 Å². The van der Waals surface area contributed by atoms with Gasteiger partial charge in [0.2, 0.25) is 0 Å². The number of amides is 1. The van der Waals surface area contributed by atoms with E-state index in [9.17, 15) is 18.0 Å². The van der Waals surface area contributed by atoms with Crippen molar-refractivity contribution < 1.29 is 31.9 Å². The van der Waals surface area contributed by atoms with Crippen molar-refractivity contribution in [2.75, 3.05) is 25.6 Å². The molecule has 0 aliphatic heterocycles. The van der Waals surface area contributed by atoms with E-state index >= 15 is 0 Å². The van der Waals surface area contributed by atoms with Crippen molar-refractivity contribution in [3.05, 3.63) is 47.4 Å². The molecule has 0 aliphatic rings. The number of aryl methyl sites for hydroxylation is 1. The average molecular weight is 343 g/mol. The van der Waals surface area contributed by atoms with E-state index in [-0.39, 0.29) is 30.4 Å². The van der Waals surface area contributed by atoms with Crippen LogP contribution < -0.4 is 10.1 Å². The van der Waals surface area contributed by atoms with Gasteiger partial charge in [-0.2, -0.15) is 13.2 Å². The van der Waals surface area contributed by atoms with Crippen molar-refractivity contribution in [2.45, 2.75) is 13.1 Å². The molecular weight excluding hydrogens is 327 g/mol. The molecule has 0 atom stereocenters. The third kappa shape index (κ3) is 4.29. The molecule has 2 rings (SSSR count). The van der Waals surface area contributed by atoms with E-state index in [1.807, 2.05) is 0 Å². The van der Waals surface area contributed by atoms with Gasteiger partial charge in [0.1, 0.15) is 12.4 Å². The molecule has 2 aromatic rings. The Kier molecular flexibility index (Phi) is 5.50. The van der Waals surface area contributed by atoms with Crippen LogP contribution in [0.2, 0.25) is 0 Å². The Labute approximate surface area is 136 Å². The normalized spacial score (nSPS) is 11.4. The molecule has 0 saturated heterocycles. The zero-order valence-corrected chi connectivity index (χ0v) is 13.1. The second-order valence-corrected chi connectivity index (χ2v) is 4.94. The Morgan fingerprint density at radius 3 is 2.58 bits per heavy atom. The molecule has 1 amide bonds. The number of rotatable bonds is 6. The maximum Gasteiger partial charge on any atom is 0.416 e. The Morgan fingerprint density at radius 2 is 2.00 bits per heavy atom. The summed E-state index contributed by atoms with van der Waals surface area (Å²) >= 11 is 0. The average Bonchev–Trinajstić information content (AvgIpc) is 2.94. The van der Waals surface area contributed by atoms with Gasteiger partial charge in [0.25, 0.3) is 5.91 Å². The summed E-state index contributed by atoms with van der Waals surface area (Å²) in [6.45, 7) is 2.04. The number of nitrogens with one attached hydrogen (secondary N) is 1. The highest BCUT2D eigenvalue weighted by molar-refractivity contribution is 6.04. The molecule has 1 aromatic carbocycles. The molecule has 24 heavy (non-hydrogen) atoms. The lowest BCUT2D eigenvalue weighted by atomic mass is 10.1. The van der Waals surface area contributed by atoms with Crippen LogP contribution in [0, 0.1) is 6.92 Å². The smallest absolute Gasteiger partial charge is 0.416 e. The minimum Gasteiger partial charge on any atom is -0.489 e. The first-order valence-corrected chi connectivity index (χ1v) is 7.01. The van der Waals surface area contributed by atoms with Gasteiger partial charge in [-0.05, 0) is 31.2 Å². The SMILES string of the molecule is COCCOc1ccc(C(F)(F)F)cc1NC(=O)c1occc1C. The maximum absolute atomic E-state index is 12.9. The van der Waals surface area contributed by atoms with E-state index < -0.39 is 17.6 Å². The fourth-order valence-electron chi connectivity index (χ4n) is 1.95. The van der Waals surface area contributed by atoms with Crippen molar-refractivity contribution >= 4 is 11.6 Å². The van der Waals surface area contributed by atoms with E-state index in [0.717, 1.165) is 18.2 Å². The third-order valence-electron chi connectivity index (χ3n) is 3.17.